The minimum Gasteiger partial charge on any atom is -0.322 e. The van der Waals surface area contributed by atoms with E-state index in [2.05, 4.69) is 15.2 Å². The van der Waals surface area contributed by atoms with Crippen LogP contribution in [0.1, 0.15) is 21.5 Å². The summed E-state index contributed by atoms with van der Waals surface area (Å²) in [5, 5.41) is 8.85. The van der Waals surface area contributed by atoms with Gasteiger partial charge in [-0.1, -0.05) is 47.5 Å². The molecule has 0 atom stereocenters. The van der Waals surface area contributed by atoms with Crippen LogP contribution >= 0.6 is 11.6 Å². The minimum atomic E-state index is -0.323. The Morgan fingerprint density at radius 3 is 2.50 bits per heavy atom. The fourth-order valence-corrected chi connectivity index (χ4v) is 4.00. The molecule has 5 aromatic rings. The number of fused-ring (bicyclic) bond motifs is 1. The van der Waals surface area contributed by atoms with E-state index in [-0.39, 0.29) is 18.0 Å². The van der Waals surface area contributed by atoms with E-state index in [9.17, 15) is 9.59 Å². The van der Waals surface area contributed by atoms with Crippen LogP contribution in [0.25, 0.3) is 16.6 Å². The van der Waals surface area contributed by atoms with Gasteiger partial charge in [-0.05, 0) is 54.8 Å². The number of aryl methyl sites for hydroxylation is 1. The van der Waals surface area contributed by atoms with Crippen molar-refractivity contribution in [1.82, 2.24) is 19.7 Å². The maximum absolute atomic E-state index is 13.8. The first-order valence-corrected chi connectivity index (χ1v) is 11.0. The molecule has 0 aliphatic rings. The summed E-state index contributed by atoms with van der Waals surface area (Å²) in [6.45, 7) is 2.05. The molecule has 1 N–H and O–H groups in total. The molecule has 0 bridgehead atoms. The van der Waals surface area contributed by atoms with E-state index in [1.54, 1.807) is 40.3 Å². The summed E-state index contributed by atoms with van der Waals surface area (Å²) in [7, 11) is 0. The van der Waals surface area contributed by atoms with Crippen molar-refractivity contribution in [3.05, 3.63) is 118 Å². The van der Waals surface area contributed by atoms with Gasteiger partial charge in [-0.2, -0.15) is 0 Å². The van der Waals surface area contributed by atoms with Gasteiger partial charge in [0.1, 0.15) is 12.7 Å². The van der Waals surface area contributed by atoms with Gasteiger partial charge in [0.15, 0.2) is 0 Å². The van der Waals surface area contributed by atoms with Crippen LogP contribution in [0, 0.1) is 6.92 Å². The summed E-state index contributed by atoms with van der Waals surface area (Å²) in [6.07, 6.45) is 3.09. The second-order valence-corrected chi connectivity index (χ2v) is 8.38. The Kier molecular flexibility index (Phi) is 5.69. The topological polar surface area (TPSA) is 83.9 Å². The fraction of sp³-hybridized carbons (Fsp3) is 0.0769. The predicted octanol–water partition coefficient (Wildman–Crippen LogP) is 4.92. The molecule has 0 radical (unpaired) electrons. The first kappa shape index (κ1) is 21.6. The first-order valence-electron chi connectivity index (χ1n) is 10.6. The van der Waals surface area contributed by atoms with Gasteiger partial charge < -0.3 is 9.88 Å². The Bertz CT molecular complexity index is 1540. The summed E-state index contributed by atoms with van der Waals surface area (Å²) in [4.78, 5) is 31.2. The first-order chi connectivity index (χ1) is 16.5. The Morgan fingerprint density at radius 2 is 1.74 bits per heavy atom. The predicted molar refractivity (Wildman–Crippen MR) is 133 cm³/mol. The van der Waals surface area contributed by atoms with Crippen molar-refractivity contribution in [2.45, 2.75) is 13.5 Å². The van der Waals surface area contributed by atoms with E-state index in [1.807, 2.05) is 61.5 Å². The number of benzene rings is 3. The standard InChI is InChI=1S/C26H20ClN5O2/c1-17-6-8-20(9-7-17)32(14-19-12-18-4-2-3-5-24(18)30-25(19)33)26(34)22-13-21(10-11-23(22)27)31-15-28-29-16-31/h2-13,15-16H,14H2,1H3,(H,30,33). The van der Waals surface area contributed by atoms with E-state index in [1.165, 1.54) is 0 Å². The number of halogens is 1. The number of pyridine rings is 1. The number of anilines is 1. The van der Waals surface area contributed by atoms with E-state index in [4.69, 9.17) is 11.6 Å². The summed E-state index contributed by atoms with van der Waals surface area (Å²) in [5.41, 5.74) is 3.71. The lowest BCUT2D eigenvalue weighted by molar-refractivity contribution is 0.0985. The molecule has 5 rings (SSSR count). The lowest BCUT2D eigenvalue weighted by Crippen LogP contribution is -2.33. The molecule has 8 heteroatoms. The van der Waals surface area contributed by atoms with Crippen molar-refractivity contribution in [1.29, 1.82) is 0 Å². The second kappa shape index (κ2) is 8.96. The SMILES string of the molecule is Cc1ccc(N(Cc2cc3ccccc3[nH]c2=O)C(=O)c2cc(-n3cnnc3)ccc2Cl)cc1. The van der Waals surface area contributed by atoms with Crippen molar-refractivity contribution in [2.24, 2.45) is 0 Å². The summed E-state index contributed by atoms with van der Waals surface area (Å²) < 4.78 is 1.69. The molecule has 0 saturated heterocycles. The normalized spacial score (nSPS) is 11.0. The third-order valence-corrected chi connectivity index (χ3v) is 5.98. The van der Waals surface area contributed by atoms with Crippen LogP contribution in [0.3, 0.4) is 0 Å². The molecular formula is C26H20ClN5O2. The molecule has 168 valence electrons. The zero-order valence-corrected chi connectivity index (χ0v) is 19.0. The molecule has 0 spiro atoms. The lowest BCUT2D eigenvalue weighted by atomic mass is 10.1. The lowest BCUT2D eigenvalue weighted by Gasteiger charge is -2.24. The van der Waals surface area contributed by atoms with Crippen LogP contribution in [-0.2, 0) is 6.54 Å². The Hall–Kier alpha value is -4.23. The number of nitrogens with one attached hydrogen (secondary N) is 1. The zero-order chi connectivity index (χ0) is 23.7. The van der Waals surface area contributed by atoms with Crippen LogP contribution < -0.4 is 10.5 Å². The number of nitrogens with zero attached hydrogens (tertiary/aromatic N) is 4. The highest BCUT2D eigenvalue weighted by Crippen LogP contribution is 2.26. The molecule has 2 heterocycles. The maximum Gasteiger partial charge on any atom is 0.260 e. The van der Waals surface area contributed by atoms with Crippen molar-refractivity contribution in [3.63, 3.8) is 0 Å². The second-order valence-electron chi connectivity index (χ2n) is 7.97. The number of aromatic amines is 1. The molecule has 0 unspecified atom stereocenters. The highest BCUT2D eigenvalue weighted by Gasteiger charge is 2.22. The van der Waals surface area contributed by atoms with Gasteiger partial charge in [-0.25, -0.2) is 0 Å². The van der Waals surface area contributed by atoms with Crippen LogP contribution in [0.4, 0.5) is 5.69 Å². The van der Waals surface area contributed by atoms with Gasteiger partial charge in [0.2, 0.25) is 0 Å². The third-order valence-electron chi connectivity index (χ3n) is 5.65. The van der Waals surface area contributed by atoms with Crippen LogP contribution in [0.5, 0.6) is 0 Å². The summed E-state index contributed by atoms with van der Waals surface area (Å²) in [5.74, 6) is -0.323. The van der Waals surface area contributed by atoms with Crippen molar-refractivity contribution in [3.8, 4) is 5.69 Å². The molecule has 0 saturated carbocycles. The van der Waals surface area contributed by atoms with Gasteiger partial charge in [0, 0.05) is 22.5 Å². The van der Waals surface area contributed by atoms with Crippen molar-refractivity contribution in [2.75, 3.05) is 4.90 Å². The molecule has 2 aromatic heterocycles. The van der Waals surface area contributed by atoms with Crippen LogP contribution in [0.15, 0.2) is 90.2 Å². The monoisotopic (exact) mass is 469 g/mol. The van der Waals surface area contributed by atoms with E-state index < -0.39 is 0 Å². The van der Waals surface area contributed by atoms with E-state index >= 15 is 0 Å². The number of hydrogen-bond acceptors (Lipinski definition) is 4. The van der Waals surface area contributed by atoms with Gasteiger partial charge in [-0.15, -0.1) is 10.2 Å². The number of aromatic nitrogens is 4. The molecule has 0 aliphatic carbocycles. The van der Waals surface area contributed by atoms with Crippen molar-refractivity contribution >= 4 is 34.1 Å². The molecule has 1 amide bonds. The highest BCUT2D eigenvalue weighted by molar-refractivity contribution is 6.34. The van der Waals surface area contributed by atoms with Crippen LogP contribution in [0.2, 0.25) is 5.02 Å². The van der Waals surface area contributed by atoms with Gasteiger partial charge in [0.05, 0.1) is 17.1 Å². The highest BCUT2D eigenvalue weighted by atomic mass is 35.5. The number of amides is 1. The third kappa shape index (κ3) is 4.21. The van der Waals surface area contributed by atoms with E-state index in [0.717, 1.165) is 16.5 Å². The number of para-hydroxylation sites is 1. The molecule has 0 aliphatic heterocycles. The van der Waals surface area contributed by atoms with Gasteiger partial charge in [-0.3, -0.25) is 14.2 Å². The molecule has 3 aromatic carbocycles. The van der Waals surface area contributed by atoms with Crippen LogP contribution in [-0.4, -0.2) is 25.7 Å². The fourth-order valence-electron chi connectivity index (χ4n) is 3.80. The summed E-state index contributed by atoms with van der Waals surface area (Å²) >= 11 is 6.47. The molecular weight excluding hydrogens is 450 g/mol. The number of hydrogen-bond donors (Lipinski definition) is 1. The molecule has 34 heavy (non-hydrogen) atoms. The number of carbonyl (C=O) groups excluding carboxylic acids is 1. The van der Waals surface area contributed by atoms with E-state index in [0.29, 0.717) is 27.5 Å². The average molecular weight is 470 g/mol. The molecule has 0 fully saturated rings. The van der Waals surface area contributed by atoms with Gasteiger partial charge in [0.25, 0.3) is 11.5 Å². The Morgan fingerprint density at radius 1 is 1.00 bits per heavy atom. The number of carbonyl (C=O) groups is 1. The Balaban J connectivity index is 1.59. The maximum atomic E-state index is 13.8. The van der Waals surface area contributed by atoms with Crippen molar-refractivity contribution < 1.29 is 4.79 Å². The number of H-pyrrole nitrogens is 1. The Labute approximate surface area is 200 Å². The number of rotatable bonds is 5. The zero-order valence-electron chi connectivity index (χ0n) is 18.3. The summed E-state index contributed by atoms with van der Waals surface area (Å²) in [6, 6.07) is 22.1. The smallest absolute Gasteiger partial charge is 0.260 e. The minimum absolute atomic E-state index is 0.0786. The molecule has 7 nitrogen and oxygen atoms in total. The van der Waals surface area contributed by atoms with Gasteiger partial charge >= 0.3 is 0 Å². The quantitative estimate of drug-likeness (QED) is 0.396. The average Bonchev–Trinajstić information content (AvgIpc) is 3.38. The largest absolute Gasteiger partial charge is 0.322 e.